The lowest BCUT2D eigenvalue weighted by Gasteiger charge is -2.36. The van der Waals surface area contributed by atoms with Crippen molar-refractivity contribution in [2.45, 2.75) is 30.1 Å². The van der Waals surface area contributed by atoms with Gasteiger partial charge in [0.2, 0.25) is 15.3 Å². The molecule has 3 aromatic rings. The second kappa shape index (κ2) is 8.24. The number of sulfone groups is 1. The van der Waals surface area contributed by atoms with Gasteiger partial charge in [0.1, 0.15) is 16.5 Å². The third-order valence-electron chi connectivity index (χ3n) is 6.09. The van der Waals surface area contributed by atoms with Gasteiger partial charge in [0.25, 0.3) is 0 Å². The van der Waals surface area contributed by atoms with Gasteiger partial charge in [-0.3, -0.25) is 4.79 Å². The van der Waals surface area contributed by atoms with Crippen LogP contribution in [0, 0.1) is 17.7 Å². The number of rotatable bonds is 4. The van der Waals surface area contributed by atoms with E-state index in [-0.39, 0.29) is 15.2 Å². The molecule has 0 aliphatic carbocycles. The number of piperidine rings is 1. The predicted molar refractivity (Wildman–Crippen MR) is 123 cm³/mol. The van der Waals surface area contributed by atoms with Crippen LogP contribution in [0.5, 0.6) is 5.75 Å². The first-order valence-electron chi connectivity index (χ1n) is 10.6. The molecule has 1 fully saturated rings. The summed E-state index contributed by atoms with van der Waals surface area (Å²) in [7, 11) is -0.941. The summed E-state index contributed by atoms with van der Waals surface area (Å²) in [5.41, 5.74) is 0.224. The van der Waals surface area contributed by atoms with Crippen LogP contribution in [-0.4, -0.2) is 33.2 Å². The molecular formula is C24H27FN2O4S. The quantitative estimate of drug-likeness (QED) is 0.591. The summed E-state index contributed by atoms with van der Waals surface area (Å²) in [5, 5.41) is 0.0430. The Morgan fingerprint density at radius 3 is 2.28 bits per heavy atom. The van der Waals surface area contributed by atoms with E-state index < -0.39 is 21.1 Å². The van der Waals surface area contributed by atoms with E-state index in [0.717, 1.165) is 19.5 Å². The molecule has 2 aromatic carbocycles. The maximum Gasteiger partial charge on any atom is 0.211 e. The van der Waals surface area contributed by atoms with Crippen molar-refractivity contribution in [1.29, 1.82) is 0 Å². The van der Waals surface area contributed by atoms with Crippen LogP contribution in [0.3, 0.4) is 0 Å². The molecule has 170 valence electrons. The number of aromatic nitrogens is 1. The average Bonchev–Trinajstić information content (AvgIpc) is 2.75. The van der Waals surface area contributed by atoms with Crippen LogP contribution >= 0.6 is 0 Å². The minimum absolute atomic E-state index is 0.0249. The van der Waals surface area contributed by atoms with Crippen LogP contribution in [0.4, 0.5) is 10.1 Å². The molecule has 1 aromatic heterocycles. The highest BCUT2D eigenvalue weighted by Crippen LogP contribution is 2.31. The fourth-order valence-electron chi connectivity index (χ4n) is 4.64. The fraction of sp³-hybridized carbons (Fsp3) is 0.375. The fourth-order valence-corrected chi connectivity index (χ4v) is 6.04. The van der Waals surface area contributed by atoms with Gasteiger partial charge in [-0.15, -0.1) is 0 Å². The zero-order valence-electron chi connectivity index (χ0n) is 18.6. The second-order valence-corrected chi connectivity index (χ2v) is 10.7. The Bertz CT molecular complexity index is 1320. The van der Waals surface area contributed by atoms with E-state index in [9.17, 15) is 13.2 Å². The first kappa shape index (κ1) is 22.3. The van der Waals surface area contributed by atoms with Crippen LogP contribution in [0.25, 0.3) is 10.9 Å². The zero-order valence-corrected chi connectivity index (χ0v) is 19.4. The van der Waals surface area contributed by atoms with Crippen LogP contribution in [-0.2, 0) is 16.9 Å². The first-order valence-corrected chi connectivity index (χ1v) is 12.1. The number of hydrogen-bond acceptors (Lipinski definition) is 5. The molecule has 1 aliphatic rings. The summed E-state index contributed by atoms with van der Waals surface area (Å²) in [4.78, 5) is 14.8. The minimum Gasteiger partial charge on any atom is -0.497 e. The van der Waals surface area contributed by atoms with Crippen LogP contribution in [0.1, 0.15) is 20.3 Å². The summed E-state index contributed by atoms with van der Waals surface area (Å²) in [6.45, 7) is 5.77. The molecule has 4 rings (SSSR count). The topological polar surface area (TPSA) is 68.6 Å². The van der Waals surface area contributed by atoms with Crippen molar-refractivity contribution < 1.29 is 17.5 Å². The molecule has 0 spiro atoms. The van der Waals surface area contributed by atoms with E-state index in [1.807, 2.05) is 4.90 Å². The molecule has 2 unspecified atom stereocenters. The normalized spacial score (nSPS) is 19.3. The molecule has 2 atom stereocenters. The first-order chi connectivity index (χ1) is 15.1. The number of aryl methyl sites for hydroxylation is 1. The Labute approximate surface area is 187 Å². The van der Waals surface area contributed by atoms with Gasteiger partial charge in [-0.2, -0.15) is 0 Å². The van der Waals surface area contributed by atoms with Crippen molar-refractivity contribution in [3.05, 3.63) is 58.6 Å². The van der Waals surface area contributed by atoms with Gasteiger partial charge in [-0.25, -0.2) is 12.8 Å². The summed E-state index contributed by atoms with van der Waals surface area (Å²) in [6.07, 6.45) is 2.41. The number of nitrogens with zero attached hydrogens (tertiary/aromatic N) is 2. The van der Waals surface area contributed by atoms with Crippen molar-refractivity contribution in [1.82, 2.24) is 4.57 Å². The van der Waals surface area contributed by atoms with E-state index >= 15 is 4.39 Å². The average molecular weight is 459 g/mol. The molecule has 32 heavy (non-hydrogen) atoms. The number of benzene rings is 2. The van der Waals surface area contributed by atoms with Crippen molar-refractivity contribution in [2.24, 2.45) is 18.9 Å². The van der Waals surface area contributed by atoms with Gasteiger partial charge in [0.05, 0.1) is 28.6 Å². The molecular weight excluding hydrogens is 431 g/mol. The summed E-state index contributed by atoms with van der Waals surface area (Å²) >= 11 is 0. The highest BCUT2D eigenvalue weighted by molar-refractivity contribution is 7.91. The Kier molecular flexibility index (Phi) is 5.75. The monoisotopic (exact) mass is 458 g/mol. The smallest absolute Gasteiger partial charge is 0.211 e. The van der Waals surface area contributed by atoms with E-state index in [2.05, 4.69) is 13.8 Å². The number of hydrogen-bond donors (Lipinski definition) is 0. The van der Waals surface area contributed by atoms with Gasteiger partial charge >= 0.3 is 0 Å². The number of halogens is 1. The largest absolute Gasteiger partial charge is 0.497 e. The molecule has 8 heteroatoms. The van der Waals surface area contributed by atoms with Gasteiger partial charge in [-0.05, 0) is 54.7 Å². The maximum absolute atomic E-state index is 15.2. The number of anilines is 1. The molecule has 0 radical (unpaired) electrons. The predicted octanol–water partition coefficient (Wildman–Crippen LogP) is 4.00. The highest BCUT2D eigenvalue weighted by atomic mass is 32.2. The van der Waals surface area contributed by atoms with E-state index in [0.29, 0.717) is 28.8 Å². The lowest BCUT2D eigenvalue weighted by atomic mass is 9.91. The van der Waals surface area contributed by atoms with Crippen molar-refractivity contribution in [3.63, 3.8) is 0 Å². The summed E-state index contributed by atoms with van der Waals surface area (Å²) < 4.78 is 48.1. The molecule has 6 nitrogen and oxygen atoms in total. The minimum atomic E-state index is -4.09. The molecule has 1 aliphatic heterocycles. The second-order valence-electron chi connectivity index (χ2n) is 8.78. The van der Waals surface area contributed by atoms with Gasteiger partial charge < -0.3 is 14.2 Å². The van der Waals surface area contributed by atoms with Crippen molar-refractivity contribution in [3.8, 4) is 5.75 Å². The lowest BCUT2D eigenvalue weighted by molar-refractivity contribution is 0.354. The number of fused-ring (bicyclic) bond motifs is 1. The van der Waals surface area contributed by atoms with E-state index in [4.69, 9.17) is 4.74 Å². The van der Waals surface area contributed by atoms with Gasteiger partial charge in [-0.1, -0.05) is 13.8 Å². The number of ether oxygens (including phenoxy) is 1. The third-order valence-corrected chi connectivity index (χ3v) is 7.86. The standard InChI is InChI=1S/C24H27FN2O4S/c1-15-9-16(2)13-27(12-15)22-11-21-19(10-20(22)25)24(28)23(14-26(21)3)32(29,30)18-7-5-17(31-4)6-8-18/h5-8,10-11,14-16H,9,12-13H2,1-4H3. The SMILES string of the molecule is COc1ccc(S(=O)(=O)c2cn(C)c3cc(N4CC(C)CC(C)C4)c(F)cc3c2=O)cc1. The van der Waals surface area contributed by atoms with Crippen LogP contribution in [0.15, 0.2) is 57.2 Å². The Hall–Kier alpha value is -2.87. The summed E-state index contributed by atoms with van der Waals surface area (Å²) in [5.74, 6) is 0.866. The Balaban J connectivity index is 1.84. The number of methoxy groups -OCH3 is 1. The van der Waals surface area contributed by atoms with Gasteiger partial charge in [0.15, 0.2) is 0 Å². The Morgan fingerprint density at radius 1 is 1.06 bits per heavy atom. The van der Waals surface area contributed by atoms with E-state index in [1.165, 1.54) is 43.6 Å². The third kappa shape index (κ3) is 3.88. The highest BCUT2D eigenvalue weighted by Gasteiger charge is 2.27. The van der Waals surface area contributed by atoms with Crippen molar-refractivity contribution in [2.75, 3.05) is 25.1 Å². The lowest BCUT2D eigenvalue weighted by Crippen LogP contribution is -2.39. The van der Waals surface area contributed by atoms with Gasteiger partial charge in [0, 0.05) is 26.3 Å². The molecule has 1 saturated heterocycles. The molecule has 0 N–H and O–H groups in total. The number of pyridine rings is 1. The summed E-state index contributed by atoms with van der Waals surface area (Å²) in [6, 6.07) is 8.64. The van der Waals surface area contributed by atoms with Crippen molar-refractivity contribution >= 4 is 26.4 Å². The van der Waals surface area contributed by atoms with Crippen LogP contribution < -0.4 is 15.1 Å². The molecule has 2 heterocycles. The van der Waals surface area contributed by atoms with E-state index in [1.54, 1.807) is 17.7 Å². The molecule has 0 amide bonds. The molecule has 0 bridgehead atoms. The molecule has 0 saturated carbocycles. The maximum atomic E-state index is 15.2. The zero-order chi connectivity index (χ0) is 23.2. The van der Waals surface area contributed by atoms with Crippen LogP contribution in [0.2, 0.25) is 0 Å². The Morgan fingerprint density at radius 2 is 1.69 bits per heavy atom.